The molecule has 160 valence electrons. The van der Waals surface area contributed by atoms with E-state index in [0.717, 1.165) is 30.3 Å². The van der Waals surface area contributed by atoms with Gasteiger partial charge < -0.3 is 15.5 Å². The molecule has 0 radical (unpaired) electrons. The Hall–Kier alpha value is -1.37. The van der Waals surface area contributed by atoms with Crippen LogP contribution in [0.25, 0.3) is 0 Å². The molecule has 0 spiro atoms. The van der Waals surface area contributed by atoms with Crippen LogP contribution in [0.1, 0.15) is 11.3 Å². The monoisotopic (exact) mass is 549 g/mol. The second-order valence-electron chi connectivity index (χ2n) is 6.85. The maximum Gasteiger partial charge on any atom is 0.252 e. The summed E-state index contributed by atoms with van der Waals surface area (Å²) in [5.41, 5.74) is 1.24. The molecule has 1 aliphatic heterocycles. The fourth-order valence-electron chi connectivity index (χ4n) is 3.08. The molecule has 1 aliphatic rings. The minimum atomic E-state index is -3.38. The lowest BCUT2D eigenvalue weighted by Gasteiger charge is -2.20. The molecule has 29 heavy (non-hydrogen) atoms. The summed E-state index contributed by atoms with van der Waals surface area (Å²) in [6.07, 6.45) is 1.04. The molecule has 0 aliphatic carbocycles. The minimum Gasteiger partial charge on any atom is -0.369 e. The van der Waals surface area contributed by atoms with E-state index in [-0.39, 0.29) is 24.0 Å². The zero-order valence-corrected chi connectivity index (χ0v) is 20.8. The van der Waals surface area contributed by atoms with Crippen LogP contribution in [-0.2, 0) is 16.6 Å². The van der Waals surface area contributed by atoms with Crippen LogP contribution in [-0.4, -0.2) is 59.0 Å². The highest BCUT2D eigenvalue weighted by molar-refractivity contribution is 14.0. The average Bonchev–Trinajstić information content (AvgIpc) is 3.35. The molecule has 1 unspecified atom stereocenters. The fraction of sp³-hybridized carbons (Fsp3) is 0.421. The number of nitrogens with zero attached hydrogens (tertiary/aromatic N) is 3. The van der Waals surface area contributed by atoms with Crippen molar-refractivity contribution >= 4 is 57.0 Å². The molecule has 2 N–H and O–H groups in total. The van der Waals surface area contributed by atoms with Crippen molar-refractivity contribution in [3.05, 3.63) is 47.3 Å². The molecular formula is C19H28IN5O2S2. The van der Waals surface area contributed by atoms with Gasteiger partial charge >= 0.3 is 0 Å². The number of thiophene rings is 1. The number of halogens is 1. The third-order valence-corrected chi connectivity index (χ3v) is 8.04. The summed E-state index contributed by atoms with van der Waals surface area (Å²) in [6.45, 7) is 2.46. The Morgan fingerprint density at radius 3 is 2.62 bits per heavy atom. The van der Waals surface area contributed by atoms with Crippen LogP contribution in [0.15, 0.2) is 51.7 Å². The Morgan fingerprint density at radius 1 is 1.24 bits per heavy atom. The van der Waals surface area contributed by atoms with E-state index in [4.69, 9.17) is 0 Å². The van der Waals surface area contributed by atoms with Gasteiger partial charge in [0, 0.05) is 50.8 Å². The van der Waals surface area contributed by atoms with Crippen LogP contribution in [0.2, 0.25) is 0 Å². The number of rotatable bonds is 6. The predicted octanol–water partition coefficient (Wildman–Crippen LogP) is 2.56. The Bertz CT molecular complexity index is 916. The van der Waals surface area contributed by atoms with Crippen LogP contribution in [0, 0.1) is 0 Å². The number of sulfonamides is 1. The summed E-state index contributed by atoms with van der Waals surface area (Å²) in [5.74, 6) is 0.727. The van der Waals surface area contributed by atoms with Gasteiger partial charge in [-0.15, -0.1) is 35.3 Å². The quantitative estimate of drug-likeness (QED) is 0.329. The van der Waals surface area contributed by atoms with E-state index in [1.165, 1.54) is 21.3 Å². The average molecular weight is 550 g/mol. The van der Waals surface area contributed by atoms with E-state index in [0.29, 0.717) is 16.8 Å². The van der Waals surface area contributed by atoms with Crippen LogP contribution >= 0.6 is 35.3 Å². The van der Waals surface area contributed by atoms with Gasteiger partial charge in [0.05, 0.1) is 6.54 Å². The first-order chi connectivity index (χ1) is 13.4. The lowest BCUT2D eigenvalue weighted by Crippen LogP contribution is -2.44. The molecule has 2 aromatic rings. The summed E-state index contributed by atoms with van der Waals surface area (Å²) in [7, 11) is 1.45. The second kappa shape index (κ2) is 10.6. The van der Waals surface area contributed by atoms with Gasteiger partial charge in [-0.05, 0) is 30.7 Å². The van der Waals surface area contributed by atoms with Crippen molar-refractivity contribution in [3.63, 3.8) is 0 Å². The molecule has 0 amide bonds. The smallest absolute Gasteiger partial charge is 0.252 e. The number of aliphatic imine (C=N–C) groups is 1. The summed E-state index contributed by atoms with van der Waals surface area (Å²) in [4.78, 5) is 7.61. The highest BCUT2D eigenvalue weighted by atomic mass is 127. The summed E-state index contributed by atoms with van der Waals surface area (Å²) in [5, 5.41) is 6.75. The van der Waals surface area contributed by atoms with Crippen LogP contribution < -0.4 is 15.5 Å². The summed E-state index contributed by atoms with van der Waals surface area (Å²) in [6, 6.07) is 14.2. The van der Waals surface area contributed by atoms with Gasteiger partial charge in [-0.2, -0.15) is 0 Å². The molecule has 3 rings (SSSR count). The van der Waals surface area contributed by atoms with E-state index in [2.05, 4.69) is 44.8 Å². The SMILES string of the molecule is CN=C(NCc1ccc(S(=O)(=O)N(C)C)s1)NC1CCN(c2ccccc2)C1.I. The third-order valence-electron chi connectivity index (χ3n) is 4.68. The number of para-hydroxylation sites is 1. The summed E-state index contributed by atoms with van der Waals surface area (Å²) < 4.78 is 26.0. The first kappa shape index (κ1) is 23.9. The highest BCUT2D eigenvalue weighted by Crippen LogP contribution is 2.23. The molecule has 1 aromatic heterocycles. The molecule has 0 bridgehead atoms. The predicted molar refractivity (Wildman–Crippen MR) is 131 cm³/mol. The molecule has 7 nitrogen and oxygen atoms in total. The Labute approximate surface area is 194 Å². The van der Waals surface area contributed by atoms with Gasteiger partial charge in [0.15, 0.2) is 5.96 Å². The Morgan fingerprint density at radius 2 is 1.97 bits per heavy atom. The van der Waals surface area contributed by atoms with Gasteiger partial charge in [0.25, 0.3) is 10.0 Å². The highest BCUT2D eigenvalue weighted by Gasteiger charge is 2.23. The number of guanidine groups is 1. The fourth-order valence-corrected chi connectivity index (χ4v) is 5.55. The lowest BCUT2D eigenvalue weighted by molar-refractivity contribution is 0.523. The standard InChI is InChI=1S/C19H27N5O2S2.HI/c1-20-19(21-13-17-9-10-18(27-17)28(25,26)23(2)3)22-15-11-12-24(14-15)16-7-5-4-6-8-16;/h4-10,15H,11-14H2,1-3H3,(H2,20,21,22);1H. The Kier molecular flexibility index (Phi) is 8.73. The van der Waals surface area contributed by atoms with Crippen molar-refractivity contribution in [1.29, 1.82) is 0 Å². The third kappa shape index (κ3) is 6.06. The van der Waals surface area contributed by atoms with Crippen LogP contribution in [0.4, 0.5) is 5.69 Å². The maximum atomic E-state index is 12.2. The number of benzene rings is 1. The lowest BCUT2D eigenvalue weighted by atomic mass is 10.3. The van der Waals surface area contributed by atoms with E-state index in [1.54, 1.807) is 27.2 Å². The van der Waals surface area contributed by atoms with E-state index < -0.39 is 10.0 Å². The first-order valence-corrected chi connectivity index (χ1v) is 11.4. The largest absolute Gasteiger partial charge is 0.369 e. The molecule has 1 saturated heterocycles. The van der Waals surface area contributed by atoms with Gasteiger partial charge in [-0.1, -0.05) is 18.2 Å². The minimum absolute atomic E-state index is 0. The van der Waals surface area contributed by atoms with E-state index >= 15 is 0 Å². The topological polar surface area (TPSA) is 77.0 Å². The molecular weight excluding hydrogens is 521 g/mol. The number of hydrogen-bond donors (Lipinski definition) is 2. The van der Waals surface area contributed by atoms with Crippen LogP contribution in [0.3, 0.4) is 0 Å². The number of nitrogens with one attached hydrogen (secondary N) is 2. The van der Waals surface area contributed by atoms with Crippen molar-refractivity contribution < 1.29 is 8.42 Å². The van der Waals surface area contributed by atoms with E-state index in [1.807, 2.05) is 12.1 Å². The van der Waals surface area contributed by atoms with Crippen molar-refractivity contribution in [1.82, 2.24) is 14.9 Å². The van der Waals surface area contributed by atoms with Gasteiger partial charge in [0.1, 0.15) is 4.21 Å². The molecule has 2 heterocycles. The molecule has 0 saturated carbocycles. The van der Waals surface area contributed by atoms with Crippen molar-refractivity contribution in [2.45, 2.75) is 23.2 Å². The van der Waals surface area contributed by atoms with Crippen LogP contribution in [0.5, 0.6) is 0 Å². The molecule has 10 heteroatoms. The normalized spacial score (nSPS) is 17.3. The molecule has 1 fully saturated rings. The number of hydrogen-bond acceptors (Lipinski definition) is 5. The van der Waals surface area contributed by atoms with Crippen molar-refractivity contribution in [2.24, 2.45) is 4.99 Å². The number of anilines is 1. The maximum absolute atomic E-state index is 12.2. The van der Waals surface area contributed by atoms with E-state index in [9.17, 15) is 8.42 Å². The van der Waals surface area contributed by atoms with Gasteiger partial charge in [0.2, 0.25) is 0 Å². The van der Waals surface area contributed by atoms with Crippen molar-refractivity contribution in [2.75, 3.05) is 39.1 Å². The first-order valence-electron chi connectivity index (χ1n) is 9.18. The Balaban J connectivity index is 0.00000300. The zero-order valence-electron chi connectivity index (χ0n) is 16.8. The molecule has 1 aromatic carbocycles. The summed E-state index contributed by atoms with van der Waals surface area (Å²) >= 11 is 1.28. The zero-order chi connectivity index (χ0) is 20.1. The van der Waals surface area contributed by atoms with Gasteiger partial charge in [-0.25, -0.2) is 12.7 Å². The van der Waals surface area contributed by atoms with Gasteiger partial charge in [-0.3, -0.25) is 4.99 Å². The second-order valence-corrected chi connectivity index (χ2v) is 10.4. The van der Waals surface area contributed by atoms with Crippen molar-refractivity contribution in [3.8, 4) is 0 Å². The molecule has 1 atom stereocenters.